The number of fused-ring (bicyclic) bond motifs is 1. The Balaban J connectivity index is 1.97. The summed E-state index contributed by atoms with van der Waals surface area (Å²) in [5.74, 6) is 1.03. The van der Waals surface area contributed by atoms with E-state index >= 15 is 0 Å². The first-order valence-electron chi connectivity index (χ1n) is 7.55. The van der Waals surface area contributed by atoms with E-state index in [1.165, 1.54) is 24.8 Å². The molecule has 2 aromatic rings. The lowest BCUT2D eigenvalue weighted by molar-refractivity contribution is 0.305. The lowest BCUT2D eigenvalue weighted by Gasteiger charge is -2.28. The monoisotopic (exact) mass is 274 g/mol. The summed E-state index contributed by atoms with van der Waals surface area (Å²) in [4.78, 5) is 14.0. The number of oxazole rings is 1. The molecule has 4 heteroatoms. The third-order valence-corrected chi connectivity index (χ3v) is 4.58. The molecule has 1 aliphatic rings. The van der Waals surface area contributed by atoms with Crippen molar-refractivity contribution in [1.29, 1.82) is 0 Å². The number of aromatic nitrogens is 1. The minimum Gasteiger partial charge on any atom is -0.408 e. The Morgan fingerprint density at radius 3 is 3.00 bits per heavy atom. The van der Waals surface area contributed by atoms with Crippen LogP contribution < -0.4 is 11.1 Å². The molecule has 1 fully saturated rings. The van der Waals surface area contributed by atoms with Crippen molar-refractivity contribution >= 4 is 11.1 Å². The molecule has 0 saturated heterocycles. The number of aromatic amines is 1. The Kier molecular flexibility index (Phi) is 3.66. The van der Waals surface area contributed by atoms with Gasteiger partial charge < -0.3 is 9.73 Å². The largest absolute Gasteiger partial charge is 0.417 e. The fourth-order valence-electron chi connectivity index (χ4n) is 3.56. The highest BCUT2D eigenvalue weighted by Gasteiger charge is 2.31. The summed E-state index contributed by atoms with van der Waals surface area (Å²) >= 11 is 0. The number of benzene rings is 1. The molecule has 3 atom stereocenters. The number of hydrogen-bond acceptors (Lipinski definition) is 3. The van der Waals surface area contributed by atoms with Crippen LogP contribution in [-0.4, -0.2) is 11.5 Å². The predicted octanol–water partition coefficient (Wildman–Crippen LogP) is 3.21. The summed E-state index contributed by atoms with van der Waals surface area (Å²) in [6.07, 6.45) is 3.90. The third kappa shape index (κ3) is 2.40. The van der Waals surface area contributed by atoms with Crippen LogP contribution in [0.2, 0.25) is 0 Å². The lowest BCUT2D eigenvalue weighted by atomic mass is 9.86. The summed E-state index contributed by atoms with van der Waals surface area (Å²) in [5.41, 5.74) is 2.65. The highest BCUT2D eigenvalue weighted by Crippen LogP contribution is 2.40. The van der Waals surface area contributed by atoms with Gasteiger partial charge >= 0.3 is 5.76 Å². The normalized spacial score (nSPS) is 24.3. The van der Waals surface area contributed by atoms with Crippen molar-refractivity contribution in [2.45, 2.75) is 39.2 Å². The zero-order valence-corrected chi connectivity index (χ0v) is 12.1. The van der Waals surface area contributed by atoms with Gasteiger partial charge in [0.1, 0.15) is 0 Å². The van der Waals surface area contributed by atoms with E-state index in [-0.39, 0.29) is 5.76 Å². The van der Waals surface area contributed by atoms with Crippen LogP contribution in [-0.2, 0) is 0 Å². The van der Waals surface area contributed by atoms with Crippen molar-refractivity contribution < 1.29 is 4.42 Å². The van der Waals surface area contributed by atoms with Gasteiger partial charge in [0.25, 0.3) is 0 Å². The van der Waals surface area contributed by atoms with E-state index in [1.54, 1.807) is 0 Å². The van der Waals surface area contributed by atoms with Gasteiger partial charge in [0, 0.05) is 6.04 Å². The molecular formula is C16H22N2O2. The third-order valence-electron chi connectivity index (χ3n) is 4.58. The molecule has 108 valence electrons. The van der Waals surface area contributed by atoms with Crippen LogP contribution in [0.25, 0.3) is 11.1 Å². The van der Waals surface area contributed by atoms with Gasteiger partial charge in [-0.15, -0.1) is 0 Å². The van der Waals surface area contributed by atoms with Crippen molar-refractivity contribution in [1.82, 2.24) is 10.3 Å². The SMILES string of the molecule is CCNC(c1ccc2[nH]c(=O)oc2c1)C1CCCC1C. The van der Waals surface area contributed by atoms with Crippen molar-refractivity contribution in [3.05, 3.63) is 34.3 Å². The fourth-order valence-corrected chi connectivity index (χ4v) is 3.56. The number of H-pyrrole nitrogens is 1. The second kappa shape index (κ2) is 5.44. The maximum atomic E-state index is 11.3. The Morgan fingerprint density at radius 2 is 2.30 bits per heavy atom. The van der Waals surface area contributed by atoms with E-state index in [0.29, 0.717) is 17.5 Å². The molecule has 3 unspecified atom stereocenters. The molecule has 3 rings (SSSR count). The van der Waals surface area contributed by atoms with Crippen LogP contribution in [0.3, 0.4) is 0 Å². The summed E-state index contributed by atoms with van der Waals surface area (Å²) in [6.45, 7) is 5.43. The zero-order valence-electron chi connectivity index (χ0n) is 12.1. The quantitative estimate of drug-likeness (QED) is 0.900. The molecular weight excluding hydrogens is 252 g/mol. The molecule has 0 bridgehead atoms. The van der Waals surface area contributed by atoms with Gasteiger partial charge in [0.15, 0.2) is 5.58 Å². The Morgan fingerprint density at radius 1 is 1.45 bits per heavy atom. The first-order chi connectivity index (χ1) is 9.69. The number of hydrogen-bond donors (Lipinski definition) is 2. The van der Waals surface area contributed by atoms with Crippen LogP contribution in [0, 0.1) is 11.8 Å². The zero-order chi connectivity index (χ0) is 14.1. The Bertz CT molecular complexity index is 643. The molecule has 0 spiro atoms. The summed E-state index contributed by atoms with van der Waals surface area (Å²) in [6, 6.07) is 6.40. The second-order valence-corrected chi connectivity index (χ2v) is 5.88. The molecule has 4 nitrogen and oxygen atoms in total. The van der Waals surface area contributed by atoms with Gasteiger partial charge in [-0.05, 0) is 42.5 Å². The van der Waals surface area contributed by atoms with Crippen molar-refractivity contribution in [3.8, 4) is 0 Å². The van der Waals surface area contributed by atoms with Crippen molar-refractivity contribution in [2.75, 3.05) is 6.54 Å². The number of nitrogens with one attached hydrogen (secondary N) is 2. The molecule has 1 aromatic heterocycles. The molecule has 0 amide bonds. The maximum absolute atomic E-state index is 11.3. The minimum atomic E-state index is -0.383. The molecule has 0 radical (unpaired) electrons. The fraction of sp³-hybridized carbons (Fsp3) is 0.562. The van der Waals surface area contributed by atoms with Crippen molar-refractivity contribution in [3.63, 3.8) is 0 Å². The van der Waals surface area contributed by atoms with Gasteiger partial charge in [0.2, 0.25) is 0 Å². The van der Waals surface area contributed by atoms with Crippen molar-refractivity contribution in [2.24, 2.45) is 11.8 Å². The van der Waals surface area contributed by atoms with E-state index in [0.717, 1.165) is 18.0 Å². The Hall–Kier alpha value is -1.55. The van der Waals surface area contributed by atoms with Gasteiger partial charge in [-0.3, -0.25) is 4.98 Å². The highest BCUT2D eigenvalue weighted by atomic mass is 16.4. The van der Waals surface area contributed by atoms with Crippen LogP contribution in [0.5, 0.6) is 0 Å². The molecule has 1 aromatic carbocycles. The van der Waals surface area contributed by atoms with E-state index < -0.39 is 0 Å². The molecule has 0 aliphatic heterocycles. The second-order valence-electron chi connectivity index (χ2n) is 5.88. The van der Waals surface area contributed by atoms with Gasteiger partial charge in [-0.2, -0.15) is 0 Å². The smallest absolute Gasteiger partial charge is 0.408 e. The highest BCUT2D eigenvalue weighted by molar-refractivity contribution is 5.72. The first kappa shape index (κ1) is 13.4. The average molecular weight is 274 g/mol. The molecule has 1 heterocycles. The first-order valence-corrected chi connectivity index (χ1v) is 7.55. The van der Waals surface area contributed by atoms with E-state index in [2.05, 4.69) is 30.2 Å². The van der Waals surface area contributed by atoms with E-state index in [1.807, 2.05) is 12.1 Å². The molecule has 1 aliphatic carbocycles. The van der Waals surface area contributed by atoms with Gasteiger partial charge in [0.05, 0.1) is 5.52 Å². The maximum Gasteiger partial charge on any atom is 0.417 e. The minimum absolute atomic E-state index is 0.349. The predicted molar refractivity (Wildman–Crippen MR) is 79.8 cm³/mol. The van der Waals surface area contributed by atoms with Gasteiger partial charge in [-0.25, -0.2) is 4.79 Å². The summed E-state index contributed by atoms with van der Waals surface area (Å²) in [5, 5.41) is 3.61. The summed E-state index contributed by atoms with van der Waals surface area (Å²) in [7, 11) is 0. The Labute approximate surface area is 118 Å². The summed E-state index contributed by atoms with van der Waals surface area (Å²) < 4.78 is 5.19. The van der Waals surface area contributed by atoms with E-state index in [4.69, 9.17) is 4.42 Å². The van der Waals surface area contributed by atoms with Crippen LogP contribution >= 0.6 is 0 Å². The molecule has 20 heavy (non-hydrogen) atoms. The molecule has 1 saturated carbocycles. The standard InChI is InChI=1S/C16H22N2O2/c1-3-17-15(12-6-4-5-10(12)2)11-7-8-13-14(9-11)20-16(19)18-13/h7-10,12,15,17H,3-6H2,1-2H3,(H,18,19). The topological polar surface area (TPSA) is 58.0 Å². The lowest BCUT2D eigenvalue weighted by Crippen LogP contribution is -2.29. The molecule has 2 N–H and O–H groups in total. The van der Waals surface area contributed by atoms with Gasteiger partial charge in [-0.1, -0.05) is 32.8 Å². The average Bonchev–Trinajstić information content (AvgIpc) is 3.00. The van der Waals surface area contributed by atoms with Crippen LogP contribution in [0.1, 0.15) is 44.7 Å². The van der Waals surface area contributed by atoms with Crippen LogP contribution in [0.4, 0.5) is 0 Å². The van der Waals surface area contributed by atoms with E-state index in [9.17, 15) is 4.79 Å². The number of rotatable bonds is 4. The van der Waals surface area contributed by atoms with Crippen LogP contribution in [0.15, 0.2) is 27.4 Å².